The molecule has 168 valence electrons. The van der Waals surface area contributed by atoms with E-state index >= 15 is 0 Å². The Bertz CT molecular complexity index is 1340. The molecule has 2 N–H and O–H groups in total. The molecule has 10 heteroatoms. The summed E-state index contributed by atoms with van der Waals surface area (Å²) in [6, 6.07) is 5.19. The van der Waals surface area contributed by atoms with E-state index < -0.39 is 10.0 Å². The second-order valence-corrected chi connectivity index (χ2v) is 11.2. The van der Waals surface area contributed by atoms with Gasteiger partial charge in [0.2, 0.25) is 10.0 Å². The number of hydrogen-bond acceptors (Lipinski definition) is 7. The van der Waals surface area contributed by atoms with E-state index in [1.165, 1.54) is 11.3 Å². The van der Waals surface area contributed by atoms with Crippen molar-refractivity contribution >= 4 is 38.3 Å². The Labute approximate surface area is 191 Å². The fourth-order valence-corrected chi connectivity index (χ4v) is 6.69. The van der Waals surface area contributed by atoms with E-state index in [2.05, 4.69) is 15.7 Å². The van der Waals surface area contributed by atoms with Gasteiger partial charge >= 0.3 is 0 Å². The molecule has 0 unspecified atom stereocenters. The van der Waals surface area contributed by atoms with Gasteiger partial charge in [-0.25, -0.2) is 22.6 Å². The predicted octanol–water partition coefficient (Wildman–Crippen LogP) is 3.58. The Hall–Kier alpha value is -2.69. The van der Waals surface area contributed by atoms with Crippen molar-refractivity contribution in [3.63, 3.8) is 0 Å². The SMILES string of the molecule is Cc1cc(N2CC[C@@H](NS(=O)(=O)c3cccs3)C2)c2nc(C)c(C3=CCCC(O)=C3)n2n1. The molecule has 3 aromatic rings. The Morgan fingerprint density at radius 3 is 2.91 bits per heavy atom. The van der Waals surface area contributed by atoms with Gasteiger partial charge in [0.15, 0.2) is 5.65 Å². The fourth-order valence-electron chi connectivity index (χ4n) is 4.41. The van der Waals surface area contributed by atoms with Gasteiger partial charge in [-0.05, 0) is 50.3 Å². The van der Waals surface area contributed by atoms with Gasteiger partial charge in [-0.15, -0.1) is 11.3 Å². The van der Waals surface area contributed by atoms with E-state index in [0.717, 1.165) is 47.0 Å². The standard InChI is InChI=1S/C22H25N5O3S2/c1-14-11-19(26-9-8-17(13-26)25-32(29,30)20-7-4-10-31-20)22-23-15(2)21(27(22)24-14)16-5-3-6-18(28)12-16/h4-5,7,10-12,17,25,28H,3,6,8-9,13H2,1-2H3/t17-/m1/s1. The number of aliphatic hydroxyl groups is 1. The van der Waals surface area contributed by atoms with E-state index in [1.54, 1.807) is 23.6 Å². The monoisotopic (exact) mass is 471 g/mol. The summed E-state index contributed by atoms with van der Waals surface area (Å²) in [5, 5.41) is 16.5. The highest BCUT2D eigenvalue weighted by Gasteiger charge is 2.30. The third-order valence-corrected chi connectivity index (χ3v) is 8.75. The van der Waals surface area contributed by atoms with Gasteiger partial charge in [0.25, 0.3) is 0 Å². The first kappa shape index (κ1) is 21.2. The van der Waals surface area contributed by atoms with Crippen LogP contribution < -0.4 is 9.62 Å². The maximum atomic E-state index is 12.6. The van der Waals surface area contributed by atoms with Crippen LogP contribution in [0.25, 0.3) is 11.2 Å². The van der Waals surface area contributed by atoms with Gasteiger partial charge in [-0.2, -0.15) is 5.10 Å². The average molecular weight is 472 g/mol. The van der Waals surface area contributed by atoms with Gasteiger partial charge < -0.3 is 10.0 Å². The number of imidazole rings is 1. The molecule has 3 aromatic heterocycles. The lowest BCUT2D eigenvalue weighted by atomic mass is 10.0. The molecule has 1 saturated heterocycles. The number of aryl methyl sites for hydroxylation is 2. The zero-order chi connectivity index (χ0) is 22.5. The fraction of sp³-hybridized carbons (Fsp3) is 0.364. The molecule has 1 atom stereocenters. The number of sulfonamides is 1. The Morgan fingerprint density at radius 1 is 1.31 bits per heavy atom. The van der Waals surface area contributed by atoms with Crippen LogP contribution >= 0.6 is 11.3 Å². The largest absolute Gasteiger partial charge is 0.512 e. The van der Waals surface area contributed by atoms with E-state index in [-0.39, 0.29) is 6.04 Å². The molecule has 2 aliphatic rings. The quantitative estimate of drug-likeness (QED) is 0.590. The van der Waals surface area contributed by atoms with Crippen LogP contribution in [0.2, 0.25) is 0 Å². The smallest absolute Gasteiger partial charge is 0.250 e. The van der Waals surface area contributed by atoms with Gasteiger partial charge in [0.1, 0.15) is 4.21 Å². The number of nitrogens with zero attached hydrogens (tertiary/aromatic N) is 4. The summed E-state index contributed by atoms with van der Waals surface area (Å²) in [6.07, 6.45) is 6.03. The van der Waals surface area contributed by atoms with Crippen molar-refractivity contribution in [2.45, 2.75) is 43.4 Å². The minimum Gasteiger partial charge on any atom is -0.512 e. The number of hydrogen-bond donors (Lipinski definition) is 2. The molecule has 1 fully saturated rings. The lowest BCUT2D eigenvalue weighted by Gasteiger charge is -2.20. The van der Waals surface area contributed by atoms with Crippen molar-refractivity contribution in [1.29, 1.82) is 0 Å². The van der Waals surface area contributed by atoms with Crippen molar-refractivity contribution in [2.24, 2.45) is 0 Å². The second-order valence-electron chi connectivity index (χ2n) is 8.27. The first-order valence-corrected chi connectivity index (χ1v) is 13.0. The van der Waals surface area contributed by atoms with E-state index in [0.29, 0.717) is 29.4 Å². The van der Waals surface area contributed by atoms with Crippen LogP contribution in [0.3, 0.4) is 0 Å². The highest BCUT2D eigenvalue weighted by Crippen LogP contribution is 2.32. The van der Waals surface area contributed by atoms with Crippen LogP contribution in [0.5, 0.6) is 0 Å². The lowest BCUT2D eigenvalue weighted by molar-refractivity contribution is 0.388. The number of nitrogens with one attached hydrogen (secondary N) is 1. The lowest BCUT2D eigenvalue weighted by Crippen LogP contribution is -2.36. The highest BCUT2D eigenvalue weighted by atomic mass is 32.2. The molecule has 0 bridgehead atoms. The third-order valence-electron chi connectivity index (χ3n) is 5.83. The van der Waals surface area contributed by atoms with Crippen molar-refractivity contribution in [1.82, 2.24) is 19.3 Å². The number of allylic oxidation sites excluding steroid dienone is 4. The van der Waals surface area contributed by atoms with Crippen molar-refractivity contribution in [3.05, 3.63) is 58.6 Å². The average Bonchev–Trinajstić information content (AvgIpc) is 3.47. The molecule has 0 spiro atoms. The van der Waals surface area contributed by atoms with Crippen molar-refractivity contribution in [2.75, 3.05) is 18.0 Å². The van der Waals surface area contributed by atoms with Crippen LogP contribution in [0.15, 0.2) is 45.7 Å². The maximum absolute atomic E-state index is 12.6. The first-order valence-electron chi connectivity index (χ1n) is 10.6. The number of aliphatic hydroxyl groups excluding tert-OH is 1. The number of thiophene rings is 1. The molecule has 32 heavy (non-hydrogen) atoms. The molecule has 0 radical (unpaired) electrons. The molecule has 1 aliphatic heterocycles. The summed E-state index contributed by atoms with van der Waals surface area (Å²) in [4.78, 5) is 6.98. The molecule has 5 rings (SSSR count). The third kappa shape index (κ3) is 3.82. The molecule has 4 heterocycles. The molecule has 1 aliphatic carbocycles. The molecular formula is C22H25N5O3S2. The summed E-state index contributed by atoms with van der Waals surface area (Å²) in [5.41, 5.74) is 5.17. The number of anilines is 1. The number of rotatable bonds is 5. The molecular weight excluding hydrogens is 446 g/mol. The maximum Gasteiger partial charge on any atom is 0.250 e. The number of fused-ring (bicyclic) bond motifs is 1. The van der Waals surface area contributed by atoms with Crippen molar-refractivity contribution in [3.8, 4) is 0 Å². The van der Waals surface area contributed by atoms with E-state index in [4.69, 9.17) is 10.1 Å². The summed E-state index contributed by atoms with van der Waals surface area (Å²) < 4.78 is 30.3. The molecule has 0 saturated carbocycles. The molecule has 0 amide bonds. The topological polar surface area (TPSA) is 99.8 Å². The van der Waals surface area contributed by atoms with Gasteiger partial charge in [-0.3, -0.25) is 0 Å². The van der Waals surface area contributed by atoms with Crippen LogP contribution in [0, 0.1) is 13.8 Å². The zero-order valence-electron chi connectivity index (χ0n) is 17.9. The Morgan fingerprint density at radius 2 is 2.16 bits per heavy atom. The van der Waals surface area contributed by atoms with Crippen LogP contribution in [0.4, 0.5) is 5.69 Å². The first-order chi connectivity index (χ1) is 15.3. The predicted molar refractivity (Wildman–Crippen MR) is 126 cm³/mol. The van der Waals surface area contributed by atoms with E-state index in [9.17, 15) is 13.5 Å². The Balaban J connectivity index is 1.47. The van der Waals surface area contributed by atoms with E-state index in [1.807, 2.05) is 24.4 Å². The number of aromatic nitrogens is 3. The summed E-state index contributed by atoms with van der Waals surface area (Å²) in [5.74, 6) is 0.366. The van der Waals surface area contributed by atoms with Gasteiger partial charge in [0, 0.05) is 31.1 Å². The Kier molecular flexibility index (Phi) is 5.31. The highest BCUT2D eigenvalue weighted by molar-refractivity contribution is 7.91. The zero-order valence-corrected chi connectivity index (χ0v) is 19.6. The minimum atomic E-state index is -3.51. The van der Waals surface area contributed by atoms with Crippen molar-refractivity contribution < 1.29 is 13.5 Å². The minimum absolute atomic E-state index is 0.174. The van der Waals surface area contributed by atoms with Crippen LogP contribution in [-0.4, -0.2) is 47.3 Å². The summed E-state index contributed by atoms with van der Waals surface area (Å²) in [7, 11) is -3.51. The van der Waals surface area contributed by atoms with Gasteiger partial charge in [0.05, 0.1) is 28.5 Å². The summed E-state index contributed by atoms with van der Waals surface area (Å²) >= 11 is 1.22. The van der Waals surface area contributed by atoms with Crippen LogP contribution in [-0.2, 0) is 10.0 Å². The molecule has 8 nitrogen and oxygen atoms in total. The van der Waals surface area contributed by atoms with Gasteiger partial charge in [-0.1, -0.05) is 12.1 Å². The molecule has 0 aromatic carbocycles. The second kappa shape index (κ2) is 8.02. The van der Waals surface area contributed by atoms with Crippen LogP contribution in [0.1, 0.15) is 36.3 Å². The normalized spacial score (nSPS) is 19.4. The summed E-state index contributed by atoms with van der Waals surface area (Å²) in [6.45, 7) is 5.18.